The Balaban J connectivity index is 2.00. The van der Waals surface area contributed by atoms with Crippen molar-refractivity contribution in [3.8, 4) is 0 Å². The van der Waals surface area contributed by atoms with Crippen molar-refractivity contribution in [2.45, 2.75) is 48.8 Å². The number of pyridine rings is 1. The van der Waals surface area contributed by atoms with Gasteiger partial charge in [-0.05, 0) is 37.8 Å². The first-order valence-corrected chi connectivity index (χ1v) is 7.33. The van der Waals surface area contributed by atoms with Crippen molar-refractivity contribution in [2.24, 2.45) is 0 Å². The molecule has 0 aliphatic carbocycles. The zero-order valence-electron chi connectivity index (χ0n) is 10.2. The maximum absolute atomic E-state index is 13.1. The third-order valence-electron chi connectivity index (χ3n) is 4.01. The van der Waals surface area contributed by atoms with Crippen LogP contribution in [0.3, 0.4) is 0 Å². The summed E-state index contributed by atoms with van der Waals surface area (Å²) in [5.41, 5.74) is -0.611. The Labute approximate surface area is 118 Å². The first kappa shape index (κ1) is 13.2. The molecule has 2 aliphatic heterocycles. The lowest BCUT2D eigenvalue weighted by Crippen LogP contribution is -2.44. The van der Waals surface area contributed by atoms with Crippen molar-refractivity contribution in [2.75, 3.05) is 4.90 Å². The third-order valence-corrected chi connectivity index (χ3v) is 4.76. The topological polar surface area (TPSA) is 16.1 Å². The molecule has 1 aromatic rings. The number of aromatic nitrogens is 1. The summed E-state index contributed by atoms with van der Waals surface area (Å²) in [6.45, 7) is 0. The Morgan fingerprint density at radius 1 is 1.21 bits per heavy atom. The van der Waals surface area contributed by atoms with Gasteiger partial charge in [-0.2, -0.15) is 13.2 Å². The van der Waals surface area contributed by atoms with Crippen LogP contribution in [0.25, 0.3) is 0 Å². The molecule has 104 valence electrons. The van der Waals surface area contributed by atoms with Crippen molar-refractivity contribution in [1.82, 2.24) is 4.98 Å². The zero-order chi connectivity index (χ0) is 13.6. The Kier molecular flexibility index (Phi) is 3.23. The average molecular weight is 335 g/mol. The van der Waals surface area contributed by atoms with Crippen molar-refractivity contribution < 1.29 is 13.2 Å². The Morgan fingerprint density at radius 2 is 1.84 bits per heavy atom. The van der Waals surface area contributed by atoms with Gasteiger partial charge in [0.15, 0.2) is 0 Å². The summed E-state index contributed by atoms with van der Waals surface area (Å²) in [7, 11) is 0. The van der Waals surface area contributed by atoms with E-state index in [0.29, 0.717) is 4.83 Å². The van der Waals surface area contributed by atoms with Gasteiger partial charge in [0, 0.05) is 23.1 Å². The minimum Gasteiger partial charge on any atom is -0.350 e. The van der Waals surface area contributed by atoms with Crippen molar-refractivity contribution >= 4 is 21.7 Å². The smallest absolute Gasteiger partial charge is 0.350 e. The second kappa shape index (κ2) is 4.65. The third kappa shape index (κ3) is 2.35. The number of anilines is 1. The molecule has 0 spiro atoms. The van der Waals surface area contributed by atoms with Gasteiger partial charge < -0.3 is 4.90 Å². The number of halogens is 4. The van der Waals surface area contributed by atoms with Gasteiger partial charge in [-0.15, -0.1) is 0 Å². The fraction of sp³-hybridized carbons (Fsp3) is 0.615. The van der Waals surface area contributed by atoms with Gasteiger partial charge in [0.25, 0.3) is 0 Å². The second-order valence-corrected chi connectivity index (χ2v) is 6.53. The average Bonchev–Trinajstić information content (AvgIpc) is 2.60. The first-order valence-electron chi connectivity index (χ1n) is 6.41. The maximum atomic E-state index is 13.1. The number of nitrogens with zero attached hydrogens (tertiary/aromatic N) is 2. The summed E-state index contributed by atoms with van der Waals surface area (Å²) in [4.78, 5) is 6.34. The number of alkyl halides is 4. The quantitative estimate of drug-likeness (QED) is 0.722. The predicted octanol–water partition coefficient (Wildman–Crippen LogP) is 4.00. The van der Waals surface area contributed by atoms with Crippen LogP contribution in [0.2, 0.25) is 0 Å². The van der Waals surface area contributed by atoms with Gasteiger partial charge in [-0.25, -0.2) is 4.98 Å². The molecule has 2 fully saturated rings. The largest absolute Gasteiger partial charge is 0.419 e. The van der Waals surface area contributed by atoms with Crippen molar-refractivity contribution in [1.29, 1.82) is 0 Å². The minimum atomic E-state index is -4.34. The van der Waals surface area contributed by atoms with Crippen LogP contribution < -0.4 is 4.90 Å². The van der Waals surface area contributed by atoms with Gasteiger partial charge in [-0.1, -0.05) is 15.9 Å². The van der Waals surface area contributed by atoms with E-state index in [1.807, 2.05) is 4.90 Å². The molecular weight excluding hydrogens is 321 g/mol. The predicted molar refractivity (Wildman–Crippen MR) is 70.5 cm³/mol. The van der Waals surface area contributed by atoms with Crippen LogP contribution in [-0.2, 0) is 6.18 Å². The van der Waals surface area contributed by atoms with Crippen LogP contribution >= 0.6 is 15.9 Å². The van der Waals surface area contributed by atoms with E-state index in [4.69, 9.17) is 0 Å². The van der Waals surface area contributed by atoms with E-state index in [0.717, 1.165) is 31.7 Å². The highest BCUT2D eigenvalue weighted by molar-refractivity contribution is 9.09. The lowest BCUT2D eigenvalue weighted by atomic mass is 10.0. The Bertz CT molecular complexity index is 463. The molecule has 2 atom stereocenters. The van der Waals surface area contributed by atoms with Gasteiger partial charge in [-0.3, -0.25) is 0 Å². The Morgan fingerprint density at radius 3 is 2.42 bits per heavy atom. The molecule has 0 N–H and O–H groups in total. The van der Waals surface area contributed by atoms with E-state index in [2.05, 4.69) is 20.9 Å². The van der Waals surface area contributed by atoms with Gasteiger partial charge >= 0.3 is 6.18 Å². The zero-order valence-corrected chi connectivity index (χ0v) is 11.8. The highest BCUT2D eigenvalue weighted by Crippen LogP contribution is 2.44. The van der Waals surface area contributed by atoms with Gasteiger partial charge in [0.2, 0.25) is 0 Å². The van der Waals surface area contributed by atoms with Crippen LogP contribution in [0.4, 0.5) is 19.0 Å². The van der Waals surface area contributed by atoms with Crippen LogP contribution in [-0.4, -0.2) is 21.9 Å². The van der Waals surface area contributed by atoms with E-state index >= 15 is 0 Å². The highest BCUT2D eigenvalue weighted by atomic mass is 79.9. The molecule has 3 heterocycles. The molecular formula is C13H14BrF3N2. The maximum Gasteiger partial charge on any atom is 0.419 e. The fourth-order valence-corrected chi connectivity index (χ4v) is 4.14. The molecule has 1 aromatic heterocycles. The van der Waals surface area contributed by atoms with E-state index in [9.17, 15) is 13.2 Å². The molecule has 19 heavy (non-hydrogen) atoms. The fourth-order valence-electron chi connectivity index (χ4n) is 3.28. The molecule has 0 aromatic carbocycles. The highest BCUT2D eigenvalue weighted by Gasteiger charge is 2.44. The van der Waals surface area contributed by atoms with Gasteiger partial charge in [0.05, 0.1) is 5.56 Å². The van der Waals surface area contributed by atoms with Crippen LogP contribution in [0.5, 0.6) is 0 Å². The number of fused-ring (bicyclic) bond motifs is 2. The number of rotatable bonds is 1. The molecule has 2 bridgehead atoms. The summed E-state index contributed by atoms with van der Waals surface area (Å²) in [6, 6.07) is 2.84. The second-order valence-electron chi connectivity index (χ2n) is 5.23. The van der Waals surface area contributed by atoms with Crippen molar-refractivity contribution in [3.05, 3.63) is 23.9 Å². The monoisotopic (exact) mass is 334 g/mol. The number of hydrogen-bond acceptors (Lipinski definition) is 2. The SMILES string of the molecule is FC(F)(F)c1cccnc1N1C2CCC1CC(Br)C2. The van der Waals surface area contributed by atoms with Crippen LogP contribution in [0.15, 0.2) is 18.3 Å². The van der Waals surface area contributed by atoms with E-state index in [1.165, 1.54) is 12.3 Å². The molecule has 2 saturated heterocycles. The number of piperidine rings is 1. The molecule has 2 nitrogen and oxygen atoms in total. The molecule has 0 saturated carbocycles. The van der Waals surface area contributed by atoms with Gasteiger partial charge in [0.1, 0.15) is 5.82 Å². The van der Waals surface area contributed by atoms with Crippen LogP contribution in [0.1, 0.15) is 31.2 Å². The molecule has 2 aliphatic rings. The Hall–Kier alpha value is -0.780. The van der Waals surface area contributed by atoms with Crippen LogP contribution in [0, 0.1) is 0 Å². The summed E-state index contributed by atoms with van der Waals surface area (Å²) in [6.07, 6.45) is 0.814. The van der Waals surface area contributed by atoms with E-state index in [1.54, 1.807) is 0 Å². The summed E-state index contributed by atoms with van der Waals surface area (Å²) >= 11 is 3.60. The molecule has 6 heteroatoms. The lowest BCUT2D eigenvalue weighted by Gasteiger charge is -2.39. The molecule has 2 unspecified atom stereocenters. The number of hydrogen-bond donors (Lipinski definition) is 0. The molecule has 0 radical (unpaired) electrons. The van der Waals surface area contributed by atoms with Crippen molar-refractivity contribution in [3.63, 3.8) is 0 Å². The standard InChI is InChI=1S/C13H14BrF3N2/c14-8-6-9-3-4-10(7-8)19(9)12-11(13(15,16)17)2-1-5-18-12/h1-2,5,8-10H,3-4,6-7H2. The lowest BCUT2D eigenvalue weighted by molar-refractivity contribution is -0.137. The van der Waals surface area contributed by atoms with E-state index in [-0.39, 0.29) is 17.9 Å². The molecule has 0 amide bonds. The molecule has 3 rings (SSSR count). The normalized spacial score (nSPS) is 30.7. The summed E-state index contributed by atoms with van der Waals surface area (Å²) < 4.78 is 39.2. The van der Waals surface area contributed by atoms with E-state index < -0.39 is 11.7 Å². The summed E-state index contributed by atoms with van der Waals surface area (Å²) in [5, 5.41) is 0. The minimum absolute atomic E-state index is 0.113. The summed E-state index contributed by atoms with van der Waals surface area (Å²) in [5.74, 6) is 0.113. The first-order chi connectivity index (χ1) is 8.97.